The summed E-state index contributed by atoms with van der Waals surface area (Å²) in [5.41, 5.74) is 1.32. The molecule has 0 saturated carbocycles. The van der Waals surface area contributed by atoms with Crippen LogP contribution in [0.5, 0.6) is 0 Å². The third-order valence-electron chi connectivity index (χ3n) is 2.06. The van der Waals surface area contributed by atoms with Crippen molar-refractivity contribution in [3.05, 3.63) is 34.3 Å². The Hall–Kier alpha value is -1.29. The molecule has 0 aliphatic carbocycles. The number of anilines is 1. The van der Waals surface area contributed by atoms with Gasteiger partial charge in [-0.1, -0.05) is 0 Å². The van der Waals surface area contributed by atoms with E-state index in [0.29, 0.717) is 0 Å². The van der Waals surface area contributed by atoms with Crippen molar-refractivity contribution in [1.82, 2.24) is 9.55 Å². The molecule has 0 bridgehead atoms. The molecule has 0 aromatic carbocycles. The molecule has 2 aromatic rings. The molecule has 14 heavy (non-hydrogen) atoms. The van der Waals surface area contributed by atoms with Crippen LogP contribution in [-0.2, 0) is 13.6 Å². The third kappa shape index (κ3) is 1.96. The Morgan fingerprint density at radius 1 is 1.57 bits per heavy atom. The molecule has 2 rings (SSSR count). The maximum atomic E-state index is 4.19. The summed E-state index contributed by atoms with van der Waals surface area (Å²) in [7, 11) is 1.98. The van der Waals surface area contributed by atoms with Crippen molar-refractivity contribution < 1.29 is 0 Å². The highest BCUT2D eigenvalue weighted by molar-refractivity contribution is 7.10. The van der Waals surface area contributed by atoms with Gasteiger partial charge in [-0.3, -0.25) is 0 Å². The fourth-order valence-electron chi connectivity index (χ4n) is 1.31. The largest absolute Gasteiger partial charge is 0.352 e. The number of hydrogen-bond donors (Lipinski definition) is 1. The van der Waals surface area contributed by atoms with Gasteiger partial charge in [0.1, 0.15) is 0 Å². The fraction of sp³-hybridized carbons (Fsp3) is 0.300. The van der Waals surface area contributed by atoms with Gasteiger partial charge in [-0.05, 0) is 23.9 Å². The van der Waals surface area contributed by atoms with Gasteiger partial charge in [0, 0.05) is 30.9 Å². The molecule has 74 valence electrons. The minimum Gasteiger partial charge on any atom is -0.352 e. The topological polar surface area (TPSA) is 29.9 Å². The summed E-state index contributed by atoms with van der Waals surface area (Å²) in [4.78, 5) is 5.54. The van der Waals surface area contributed by atoms with Crippen molar-refractivity contribution in [3.63, 3.8) is 0 Å². The fourth-order valence-corrected chi connectivity index (χ4v) is 2.02. The zero-order valence-electron chi connectivity index (χ0n) is 8.32. The van der Waals surface area contributed by atoms with Crippen LogP contribution in [0, 0.1) is 6.92 Å². The Balaban J connectivity index is 1.98. The van der Waals surface area contributed by atoms with Gasteiger partial charge in [0.25, 0.3) is 0 Å². The first-order chi connectivity index (χ1) is 6.75. The van der Waals surface area contributed by atoms with E-state index in [2.05, 4.69) is 28.7 Å². The zero-order chi connectivity index (χ0) is 9.97. The van der Waals surface area contributed by atoms with Gasteiger partial charge < -0.3 is 9.88 Å². The zero-order valence-corrected chi connectivity index (χ0v) is 9.14. The molecule has 0 fully saturated rings. The molecule has 0 amide bonds. The van der Waals surface area contributed by atoms with Crippen LogP contribution in [0.25, 0.3) is 0 Å². The maximum Gasteiger partial charge on any atom is 0.202 e. The number of thiophene rings is 1. The van der Waals surface area contributed by atoms with E-state index >= 15 is 0 Å². The lowest BCUT2D eigenvalue weighted by Gasteiger charge is -2.03. The Labute approximate surface area is 87.4 Å². The van der Waals surface area contributed by atoms with Gasteiger partial charge in [-0.15, -0.1) is 11.3 Å². The molecule has 4 heteroatoms. The van der Waals surface area contributed by atoms with Gasteiger partial charge in [-0.25, -0.2) is 4.98 Å². The van der Waals surface area contributed by atoms with Crippen LogP contribution in [0.1, 0.15) is 10.4 Å². The van der Waals surface area contributed by atoms with Crippen LogP contribution in [0.3, 0.4) is 0 Å². The molecule has 0 saturated heterocycles. The predicted octanol–water partition coefficient (Wildman–Crippen LogP) is 2.40. The van der Waals surface area contributed by atoms with Crippen molar-refractivity contribution in [2.45, 2.75) is 13.5 Å². The van der Waals surface area contributed by atoms with Gasteiger partial charge in [-0.2, -0.15) is 0 Å². The summed E-state index contributed by atoms with van der Waals surface area (Å²) in [5, 5.41) is 5.45. The van der Waals surface area contributed by atoms with E-state index in [4.69, 9.17) is 0 Å². The van der Waals surface area contributed by atoms with E-state index in [0.717, 1.165) is 12.5 Å². The Kier molecular flexibility index (Phi) is 2.54. The molecule has 0 radical (unpaired) electrons. The molecule has 0 spiro atoms. The van der Waals surface area contributed by atoms with Crippen molar-refractivity contribution >= 4 is 17.3 Å². The van der Waals surface area contributed by atoms with Crippen LogP contribution >= 0.6 is 11.3 Å². The third-order valence-corrected chi connectivity index (χ3v) is 2.97. The van der Waals surface area contributed by atoms with Crippen LogP contribution in [0.4, 0.5) is 5.95 Å². The number of nitrogens with one attached hydrogen (secondary N) is 1. The minimum atomic E-state index is 0.842. The van der Waals surface area contributed by atoms with E-state index in [-0.39, 0.29) is 0 Å². The van der Waals surface area contributed by atoms with Crippen molar-refractivity contribution in [3.8, 4) is 0 Å². The number of imidazole rings is 1. The number of hydrogen-bond acceptors (Lipinski definition) is 3. The van der Waals surface area contributed by atoms with Crippen LogP contribution in [0.15, 0.2) is 23.8 Å². The second-order valence-corrected chi connectivity index (χ2v) is 4.40. The molecule has 0 atom stereocenters. The summed E-state index contributed by atoms with van der Waals surface area (Å²) in [5.74, 6) is 0.911. The van der Waals surface area contributed by atoms with E-state index in [1.54, 1.807) is 17.5 Å². The Morgan fingerprint density at radius 3 is 3.00 bits per heavy atom. The van der Waals surface area contributed by atoms with Gasteiger partial charge in [0.15, 0.2) is 0 Å². The molecule has 1 N–H and O–H groups in total. The molecule has 0 aliphatic heterocycles. The van der Waals surface area contributed by atoms with Crippen LogP contribution in [-0.4, -0.2) is 9.55 Å². The lowest BCUT2D eigenvalue weighted by atomic mass is 10.3. The first kappa shape index (κ1) is 9.27. The molecule has 0 aliphatic rings. The highest BCUT2D eigenvalue weighted by atomic mass is 32.1. The summed E-state index contributed by atoms with van der Waals surface area (Å²) in [6.45, 7) is 2.96. The van der Waals surface area contributed by atoms with E-state index < -0.39 is 0 Å². The minimum absolute atomic E-state index is 0.842. The van der Waals surface area contributed by atoms with Gasteiger partial charge >= 0.3 is 0 Å². The Bertz CT molecular complexity index is 416. The number of rotatable bonds is 3. The summed E-state index contributed by atoms with van der Waals surface area (Å²) >= 11 is 1.78. The van der Waals surface area contributed by atoms with Gasteiger partial charge in [0.2, 0.25) is 5.95 Å². The Morgan fingerprint density at radius 2 is 2.43 bits per heavy atom. The van der Waals surface area contributed by atoms with E-state index in [1.807, 2.05) is 17.8 Å². The first-order valence-electron chi connectivity index (χ1n) is 4.51. The second kappa shape index (κ2) is 3.84. The smallest absolute Gasteiger partial charge is 0.202 e. The highest BCUT2D eigenvalue weighted by Crippen LogP contribution is 2.14. The molecule has 2 heterocycles. The van der Waals surface area contributed by atoms with Gasteiger partial charge in [0.05, 0.1) is 0 Å². The first-order valence-corrected chi connectivity index (χ1v) is 5.39. The quantitative estimate of drug-likeness (QED) is 0.837. The molecule has 0 unspecified atom stereocenters. The number of nitrogens with zero attached hydrogens (tertiary/aromatic N) is 2. The second-order valence-electron chi connectivity index (χ2n) is 3.28. The average Bonchev–Trinajstić information content (AvgIpc) is 2.72. The van der Waals surface area contributed by atoms with E-state index in [9.17, 15) is 0 Å². The van der Waals surface area contributed by atoms with Crippen LogP contribution in [0.2, 0.25) is 0 Å². The summed E-state index contributed by atoms with van der Waals surface area (Å²) < 4.78 is 1.97. The van der Waals surface area contributed by atoms with Crippen LogP contribution < -0.4 is 5.32 Å². The van der Waals surface area contributed by atoms with Crippen molar-refractivity contribution in [2.75, 3.05) is 5.32 Å². The summed E-state index contributed by atoms with van der Waals surface area (Å²) in [6.07, 6.45) is 3.72. The summed E-state index contributed by atoms with van der Waals surface area (Å²) in [6, 6.07) is 2.20. The molecular formula is C10H13N3S. The lowest BCUT2D eigenvalue weighted by molar-refractivity contribution is 0.900. The number of aryl methyl sites for hydroxylation is 2. The SMILES string of the molecule is Cc1cc(CNc2nccn2C)cs1. The van der Waals surface area contributed by atoms with Crippen molar-refractivity contribution in [1.29, 1.82) is 0 Å². The molecular weight excluding hydrogens is 194 g/mol. The predicted molar refractivity (Wildman–Crippen MR) is 59.6 cm³/mol. The molecule has 2 aromatic heterocycles. The van der Waals surface area contributed by atoms with Crippen molar-refractivity contribution in [2.24, 2.45) is 7.05 Å². The lowest BCUT2D eigenvalue weighted by Crippen LogP contribution is -2.03. The number of aromatic nitrogens is 2. The monoisotopic (exact) mass is 207 g/mol. The molecule has 3 nitrogen and oxygen atoms in total. The standard InChI is InChI=1S/C10H13N3S/c1-8-5-9(7-14-8)6-12-10-11-3-4-13(10)2/h3-5,7H,6H2,1-2H3,(H,11,12). The van der Waals surface area contributed by atoms with E-state index in [1.165, 1.54) is 10.4 Å². The average molecular weight is 207 g/mol. The maximum absolute atomic E-state index is 4.19. The normalized spacial score (nSPS) is 10.4. The highest BCUT2D eigenvalue weighted by Gasteiger charge is 1.99.